The van der Waals surface area contributed by atoms with Gasteiger partial charge in [0.05, 0.1) is 30.9 Å². The Kier molecular flexibility index (Phi) is 6.31. The third-order valence-electron chi connectivity index (χ3n) is 5.86. The van der Waals surface area contributed by atoms with Crippen molar-refractivity contribution in [3.8, 4) is 11.4 Å². The monoisotopic (exact) mass is 457 g/mol. The van der Waals surface area contributed by atoms with Gasteiger partial charge in [0.15, 0.2) is 5.16 Å². The molecule has 31 heavy (non-hydrogen) atoms. The van der Waals surface area contributed by atoms with Crippen molar-refractivity contribution in [2.75, 3.05) is 45.2 Å². The molecular formula is C23H27N3O3S2. The van der Waals surface area contributed by atoms with Crippen LogP contribution in [0, 0.1) is 0 Å². The van der Waals surface area contributed by atoms with E-state index in [4.69, 9.17) is 14.5 Å². The third kappa shape index (κ3) is 4.26. The summed E-state index contributed by atoms with van der Waals surface area (Å²) in [5.41, 5.74) is 2.12. The molecule has 5 rings (SSSR count). The second kappa shape index (κ2) is 9.32. The summed E-state index contributed by atoms with van der Waals surface area (Å²) in [6, 6.07) is 7.77. The van der Waals surface area contributed by atoms with E-state index in [1.165, 1.54) is 10.4 Å². The number of nitrogens with zero attached hydrogens (tertiary/aromatic N) is 3. The van der Waals surface area contributed by atoms with Crippen LogP contribution in [0.5, 0.6) is 5.75 Å². The van der Waals surface area contributed by atoms with Crippen LogP contribution in [-0.4, -0.2) is 59.7 Å². The maximum atomic E-state index is 13.7. The molecule has 164 valence electrons. The molecule has 0 bridgehead atoms. The number of thioether (sulfide) groups is 1. The van der Waals surface area contributed by atoms with Crippen LogP contribution in [0.15, 0.2) is 34.2 Å². The Morgan fingerprint density at radius 2 is 2.00 bits per heavy atom. The van der Waals surface area contributed by atoms with Gasteiger partial charge in [-0.2, -0.15) is 0 Å². The first-order valence-electron chi connectivity index (χ1n) is 11.0. The van der Waals surface area contributed by atoms with Crippen LogP contribution in [-0.2, 0) is 17.6 Å². The minimum absolute atomic E-state index is 0.0578. The number of aryl methyl sites for hydroxylation is 2. The predicted octanol–water partition coefficient (Wildman–Crippen LogP) is 3.76. The normalized spacial score (nSPS) is 16.7. The van der Waals surface area contributed by atoms with Crippen molar-refractivity contribution in [3.63, 3.8) is 0 Å². The van der Waals surface area contributed by atoms with Gasteiger partial charge in [0.25, 0.3) is 5.56 Å². The molecule has 0 atom stereocenters. The Hall–Kier alpha value is -1.87. The second-order valence-corrected chi connectivity index (χ2v) is 9.95. The second-order valence-electron chi connectivity index (χ2n) is 7.80. The van der Waals surface area contributed by atoms with Gasteiger partial charge < -0.3 is 9.47 Å². The number of ether oxygens (including phenoxy) is 2. The van der Waals surface area contributed by atoms with Crippen molar-refractivity contribution in [3.05, 3.63) is 45.1 Å². The summed E-state index contributed by atoms with van der Waals surface area (Å²) < 4.78 is 12.8. The number of hydrogen-bond donors (Lipinski definition) is 0. The Labute approximate surface area is 190 Å². The van der Waals surface area contributed by atoms with E-state index in [2.05, 4.69) is 4.90 Å². The molecule has 0 unspecified atom stereocenters. The number of thiophene rings is 1. The topological polar surface area (TPSA) is 56.6 Å². The van der Waals surface area contributed by atoms with Crippen LogP contribution >= 0.6 is 23.1 Å². The van der Waals surface area contributed by atoms with E-state index in [0.29, 0.717) is 6.61 Å². The van der Waals surface area contributed by atoms with Gasteiger partial charge in [-0.3, -0.25) is 14.3 Å². The highest BCUT2D eigenvalue weighted by Gasteiger charge is 2.24. The summed E-state index contributed by atoms with van der Waals surface area (Å²) in [6.45, 7) is 7.09. The molecule has 1 fully saturated rings. The van der Waals surface area contributed by atoms with Crippen molar-refractivity contribution >= 4 is 33.3 Å². The van der Waals surface area contributed by atoms with Crippen molar-refractivity contribution in [1.82, 2.24) is 14.5 Å². The highest BCUT2D eigenvalue weighted by molar-refractivity contribution is 7.99. The minimum atomic E-state index is 0.0578. The fraction of sp³-hybridized carbons (Fsp3) is 0.478. The summed E-state index contributed by atoms with van der Waals surface area (Å²) in [5.74, 6) is 1.70. The highest BCUT2D eigenvalue weighted by atomic mass is 32.2. The van der Waals surface area contributed by atoms with Gasteiger partial charge in [0, 0.05) is 30.3 Å². The van der Waals surface area contributed by atoms with Crippen molar-refractivity contribution in [2.24, 2.45) is 0 Å². The van der Waals surface area contributed by atoms with Crippen molar-refractivity contribution in [1.29, 1.82) is 0 Å². The lowest BCUT2D eigenvalue weighted by Gasteiger charge is -2.26. The number of morpholine rings is 1. The summed E-state index contributed by atoms with van der Waals surface area (Å²) in [6.07, 6.45) is 3.19. The van der Waals surface area contributed by atoms with Gasteiger partial charge in [-0.15, -0.1) is 11.3 Å². The predicted molar refractivity (Wildman–Crippen MR) is 126 cm³/mol. The first-order chi connectivity index (χ1) is 15.2. The molecule has 3 heterocycles. The van der Waals surface area contributed by atoms with E-state index in [1.807, 2.05) is 31.2 Å². The van der Waals surface area contributed by atoms with Crippen molar-refractivity contribution < 1.29 is 9.47 Å². The number of fused-ring (bicyclic) bond motifs is 3. The average molecular weight is 458 g/mol. The SMILES string of the molecule is CCOc1ccc(-n2c(SCCN3CCOCC3)nc3sc4c(c3c2=O)CCC4)cc1. The van der Waals surface area contributed by atoms with Gasteiger partial charge in [0.1, 0.15) is 10.6 Å². The van der Waals surface area contributed by atoms with Crippen LogP contribution in [0.1, 0.15) is 23.8 Å². The van der Waals surface area contributed by atoms with Crippen LogP contribution in [0.25, 0.3) is 15.9 Å². The Morgan fingerprint density at radius 3 is 2.77 bits per heavy atom. The molecule has 0 saturated carbocycles. The molecule has 2 aliphatic rings. The molecule has 0 radical (unpaired) electrons. The maximum Gasteiger partial charge on any atom is 0.267 e. The fourth-order valence-electron chi connectivity index (χ4n) is 4.30. The van der Waals surface area contributed by atoms with Crippen LogP contribution in [0.2, 0.25) is 0 Å². The quantitative estimate of drug-likeness (QED) is 0.398. The fourth-order valence-corrected chi connectivity index (χ4v) is 6.61. The molecule has 1 aromatic carbocycles. The Bertz CT molecular complexity index is 1120. The van der Waals surface area contributed by atoms with E-state index < -0.39 is 0 Å². The van der Waals surface area contributed by atoms with E-state index in [1.54, 1.807) is 27.7 Å². The Balaban J connectivity index is 1.51. The highest BCUT2D eigenvalue weighted by Crippen LogP contribution is 2.36. The molecule has 0 amide bonds. The number of aromatic nitrogens is 2. The van der Waals surface area contributed by atoms with Crippen LogP contribution < -0.4 is 10.3 Å². The lowest BCUT2D eigenvalue weighted by Crippen LogP contribution is -2.37. The summed E-state index contributed by atoms with van der Waals surface area (Å²) in [7, 11) is 0. The zero-order valence-electron chi connectivity index (χ0n) is 17.8. The Morgan fingerprint density at radius 1 is 1.19 bits per heavy atom. The van der Waals surface area contributed by atoms with Gasteiger partial charge in [0.2, 0.25) is 0 Å². The van der Waals surface area contributed by atoms with E-state index >= 15 is 0 Å². The van der Waals surface area contributed by atoms with Crippen LogP contribution in [0.4, 0.5) is 0 Å². The molecule has 1 saturated heterocycles. The third-order valence-corrected chi connectivity index (χ3v) is 7.96. The van der Waals surface area contributed by atoms with Crippen LogP contribution in [0.3, 0.4) is 0 Å². The zero-order valence-corrected chi connectivity index (χ0v) is 19.4. The average Bonchev–Trinajstić information content (AvgIpc) is 3.37. The van der Waals surface area contributed by atoms with Gasteiger partial charge in [-0.05, 0) is 56.0 Å². The van der Waals surface area contributed by atoms with E-state index in [-0.39, 0.29) is 5.56 Å². The summed E-state index contributed by atoms with van der Waals surface area (Å²) >= 11 is 3.37. The van der Waals surface area contributed by atoms with E-state index in [9.17, 15) is 4.79 Å². The molecule has 1 aliphatic carbocycles. The molecule has 8 heteroatoms. The molecule has 6 nitrogen and oxygen atoms in total. The maximum absolute atomic E-state index is 13.7. The molecule has 0 spiro atoms. The summed E-state index contributed by atoms with van der Waals surface area (Å²) in [4.78, 5) is 23.3. The number of hydrogen-bond acceptors (Lipinski definition) is 7. The largest absolute Gasteiger partial charge is 0.494 e. The van der Waals surface area contributed by atoms with Crippen molar-refractivity contribution in [2.45, 2.75) is 31.3 Å². The molecule has 0 N–H and O–H groups in total. The van der Waals surface area contributed by atoms with Gasteiger partial charge in [-0.1, -0.05) is 11.8 Å². The number of rotatable bonds is 7. The number of benzene rings is 1. The lowest BCUT2D eigenvalue weighted by molar-refractivity contribution is 0.0410. The van der Waals surface area contributed by atoms with E-state index in [0.717, 1.165) is 84.7 Å². The summed E-state index contributed by atoms with van der Waals surface area (Å²) in [5, 5.41) is 1.60. The zero-order chi connectivity index (χ0) is 21.2. The molecular weight excluding hydrogens is 430 g/mol. The lowest BCUT2D eigenvalue weighted by atomic mass is 10.2. The molecule has 1 aliphatic heterocycles. The van der Waals surface area contributed by atoms with Gasteiger partial charge >= 0.3 is 0 Å². The molecule has 3 aromatic rings. The minimum Gasteiger partial charge on any atom is -0.494 e. The standard InChI is InChI=1S/C23H27N3O3S2/c1-2-29-17-8-6-16(7-9-17)26-22(27)20-18-4-3-5-19(18)31-21(20)24-23(26)30-15-12-25-10-13-28-14-11-25/h6-9H,2-5,10-15H2,1H3. The smallest absolute Gasteiger partial charge is 0.267 e. The van der Waals surface area contributed by atoms with Gasteiger partial charge in [-0.25, -0.2) is 4.98 Å². The molecule has 2 aromatic heterocycles. The first-order valence-corrected chi connectivity index (χ1v) is 12.8. The first kappa shape index (κ1) is 21.0.